The molecule has 0 saturated heterocycles. The SMILES string of the molecule is Cc1nc(C(=O)O)c(O)c2cc(Oc3ccc(Cl)cc3)oc12. The zero-order valence-electron chi connectivity index (χ0n) is 11.3. The number of hydrogen-bond donors (Lipinski definition) is 2. The maximum atomic E-state index is 11.1. The summed E-state index contributed by atoms with van der Waals surface area (Å²) in [5, 5.41) is 19.8. The molecule has 1 aromatic carbocycles. The highest BCUT2D eigenvalue weighted by Crippen LogP contribution is 2.36. The van der Waals surface area contributed by atoms with E-state index in [0.717, 1.165) is 0 Å². The van der Waals surface area contributed by atoms with Crippen LogP contribution in [0.5, 0.6) is 17.4 Å². The number of benzene rings is 1. The van der Waals surface area contributed by atoms with Crippen LogP contribution in [0, 0.1) is 6.92 Å². The number of aryl methyl sites for hydroxylation is 1. The molecule has 0 spiro atoms. The molecule has 2 aromatic heterocycles. The maximum absolute atomic E-state index is 11.1. The molecule has 0 bridgehead atoms. The minimum Gasteiger partial charge on any atom is -0.505 e. The Morgan fingerprint density at radius 1 is 1.32 bits per heavy atom. The molecule has 0 atom stereocenters. The molecule has 2 heterocycles. The fraction of sp³-hybridized carbons (Fsp3) is 0.0667. The van der Waals surface area contributed by atoms with Crippen LogP contribution in [0.25, 0.3) is 11.0 Å². The smallest absolute Gasteiger partial charge is 0.358 e. The first-order chi connectivity index (χ1) is 10.5. The van der Waals surface area contributed by atoms with Gasteiger partial charge < -0.3 is 19.4 Å². The summed E-state index contributed by atoms with van der Waals surface area (Å²) in [7, 11) is 0. The van der Waals surface area contributed by atoms with Crippen LogP contribution < -0.4 is 4.74 Å². The zero-order valence-corrected chi connectivity index (χ0v) is 12.1. The summed E-state index contributed by atoms with van der Waals surface area (Å²) >= 11 is 5.79. The number of fused-ring (bicyclic) bond motifs is 1. The van der Waals surface area contributed by atoms with Gasteiger partial charge in [-0.3, -0.25) is 0 Å². The second-order valence-corrected chi connectivity index (χ2v) is 5.00. The van der Waals surface area contributed by atoms with E-state index in [9.17, 15) is 9.90 Å². The van der Waals surface area contributed by atoms with Gasteiger partial charge in [0.2, 0.25) is 0 Å². The summed E-state index contributed by atoms with van der Waals surface area (Å²) in [6, 6.07) is 8.05. The van der Waals surface area contributed by atoms with Gasteiger partial charge in [-0.2, -0.15) is 0 Å². The van der Waals surface area contributed by atoms with Crippen LogP contribution in [0.2, 0.25) is 5.02 Å². The summed E-state index contributed by atoms with van der Waals surface area (Å²) in [4.78, 5) is 14.9. The van der Waals surface area contributed by atoms with Crippen molar-refractivity contribution in [2.24, 2.45) is 0 Å². The molecule has 112 valence electrons. The van der Waals surface area contributed by atoms with Gasteiger partial charge in [0.25, 0.3) is 5.95 Å². The van der Waals surface area contributed by atoms with Crippen molar-refractivity contribution in [2.45, 2.75) is 6.92 Å². The van der Waals surface area contributed by atoms with E-state index in [1.807, 2.05) is 0 Å². The summed E-state index contributed by atoms with van der Waals surface area (Å²) in [5.74, 6) is -1.17. The van der Waals surface area contributed by atoms with Crippen LogP contribution in [-0.4, -0.2) is 21.2 Å². The number of aromatic hydroxyl groups is 1. The third-order valence-electron chi connectivity index (χ3n) is 3.03. The monoisotopic (exact) mass is 319 g/mol. The minimum atomic E-state index is -1.32. The molecule has 3 aromatic rings. The van der Waals surface area contributed by atoms with Crippen LogP contribution in [0.3, 0.4) is 0 Å². The number of ether oxygens (including phenoxy) is 1. The summed E-state index contributed by atoms with van der Waals surface area (Å²) in [6.07, 6.45) is 0. The molecule has 0 aliphatic heterocycles. The Labute approximate surface area is 129 Å². The molecule has 0 aliphatic rings. The average Bonchev–Trinajstić information content (AvgIpc) is 2.90. The lowest BCUT2D eigenvalue weighted by Gasteiger charge is -2.01. The topological polar surface area (TPSA) is 92.8 Å². The normalized spacial score (nSPS) is 10.8. The summed E-state index contributed by atoms with van der Waals surface area (Å²) < 4.78 is 11.0. The van der Waals surface area contributed by atoms with Crippen molar-refractivity contribution in [3.63, 3.8) is 0 Å². The summed E-state index contributed by atoms with van der Waals surface area (Å²) in [5.41, 5.74) is 0.187. The lowest BCUT2D eigenvalue weighted by molar-refractivity contribution is 0.0687. The van der Waals surface area contributed by atoms with Crippen LogP contribution in [0.1, 0.15) is 16.2 Å². The molecule has 2 N–H and O–H groups in total. The number of carboxylic acid groups (broad SMARTS) is 1. The molecule has 3 rings (SSSR count). The predicted molar refractivity (Wildman–Crippen MR) is 78.9 cm³/mol. The van der Waals surface area contributed by atoms with Gasteiger partial charge >= 0.3 is 5.97 Å². The number of pyridine rings is 1. The fourth-order valence-electron chi connectivity index (χ4n) is 2.03. The Morgan fingerprint density at radius 3 is 2.64 bits per heavy atom. The zero-order chi connectivity index (χ0) is 15.9. The van der Waals surface area contributed by atoms with Gasteiger partial charge in [-0.05, 0) is 31.2 Å². The number of rotatable bonds is 3. The van der Waals surface area contributed by atoms with Gasteiger partial charge in [-0.1, -0.05) is 11.6 Å². The molecule has 0 saturated carbocycles. The first kappa shape index (κ1) is 14.2. The number of carboxylic acids is 1. The Balaban J connectivity index is 2.06. The van der Waals surface area contributed by atoms with Crippen LogP contribution in [-0.2, 0) is 0 Å². The molecule has 0 aliphatic carbocycles. The summed E-state index contributed by atoms with van der Waals surface area (Å²) in [6.45, 7) is 1.59. The van der Waals surface area contributed by atoms with Gasteiger partial charge in [0.1, 0.15) is 5.75 Å². The Kier molecular flexibility index (Phi) is 3.38. The Hall–Kier alpha value is -2.73. The van der Waals surface area contributed by atoms with Crippen molar-refractivity contribution < 1.29 is 24.2 Å². The molecular formula is C15H10ClNO5. The number of furan rings is 1. The molecule has 6 nitrogen and oxygen atoms in total. The minimum absolute atomic E-state index is 0.111. The third kappa shape index (κ3) is 2.44. The van der Waals surface area contributed by atoms with Crippen molar-refractivity contribution >= 4 is 28.5 Å². The Bertz CT molecular complexity index is 870. The van der Waals surface area contributed by atoms with Gasteiger partial charge in [0.05, 0.1) is 11.1 Å². The second-order valence-electron chi connectivity index (χ2n) is 4.56. The van der Waals surface area contributed by atoms with E-state index in [1.54, 1.807) is 31.2 Å². The number of aromatic carboxylic acids is 1. The quantitative estimate of drug-likeness (QED) is 0.758. The highest BCUT2D eigenvalue weighted by Gasteiger charge is 2.20. The number of halogens is 1. The van der Waals surface area contributed by atoms with Gasteiger partial charge in [0, 0.05) is 11.1 Å². The molecule has 22 heavy (non-hydrogen) atoms. The fourth-order valence-corrected chi connectivity index (χ4v) is 2.16. The predicted octanol–water partition coefficient (Wildman–Crippen LogP) is 3.99. The van der Waals surface area contributed by atoms with Gasteiger partial charge in [-0.15, -0.1) is 0 Å². The average molecular weight is 320 g/mol. The molecule has 0 radical (unpaired) electrons. The molecule has 7 heteroatoms. The Morgan fingerprint density at radius 2 is 2.00 bits per heavy atom. The van der Waals surface area contributed by atoms with E-state index < -0.39 is 17.4 Å². The number of carbonyl (C=O) groups is 1. The van der Waals surface area contributed by atoms with E-state index >= 15 is 0 Å². The molecular weight excluding hydrogens is 310 g/mol. The highest BCUT2D eigenvalue weighted by molar-refractivity contribution is 6.30. The van der Waals surface area contributed by atoms with Crippen molar-refractivity contribution in [3.05, 3.63) is 46.7 Å². The standard InChI is InChI=1S/C15H10ClNO5/c1-7-14-10(13(18)12(17-7)15(19)20)6-11(22-14)21-9-4-2-8(16)3-5-9/h2-6,18H,1H3,(H,19,20). The van der Waals surface area contributed by atoms with E-state index in [-0.39, 0.29) is 16.9 Å². The van der Waals surface area contributed by atoms with E-state index in [2.05, 4.69) is 4.98 Å². The first-order valence-corrected chi connectivity index (χ1v) is 6.63. The number of aromatic nitrogens is 1. The maximum Gasteiger partial charge on any atom is 0.358 e. The van der Waals surface area contributed by atoms with Crippen molar-refractivity contribution in [1.29, 1.82) is 0 Å². The molecule has 0 fully saturated rings. The number of nitrogens with zero attached hydrogens (tertiary/aromatic N) is 1. The van der Waals surface area contributed by atoms with Gasteiger partial charge in [-0.25, -0.2) is 9.78 Å². The third-order valence-corrected chi connectivity index (χ3v) is 3.28. The van der Waals surface area contributed by atoms with E-state index in [0.29, 0.717) is 16.5 Å². The van der Waals surface area contributed by atoms with Crippen LogP contribution in [0.4, 0.5) is 0 Å². The van der Waals surface area contributed by atoms with Gasteiger partial charge in [0.15, 0.2) is 17.0 Å². The van der Waals surface area contributed by atoms with E-state index in [1.165, 1.54) is 6.07 Å². The molecule has 0 amide bonds. The highest BCUT2D eigenvalue weighted by atomic mass is 35.5. The lowest BCUT2D eigenvalue weighted by atomic mass is 10.2. The van der Waals surface area contributed by atoms with E-state index in [4.69, 9.17) is 25.9 Å². The van der Waals surface area contributed by atoms with Crippen molar-refractivity contribution in [3.8, 4) is 17.4 Å². The van der Waals surface area contributed by atoms with Crippen molar-refractivity contribution in [1.82, 2.24) is 4.98 Å². The number of hydrogen-bond acceptors (Lipinski definition) is 5. The van der Waals surface area contributed by atoms with Crippen LogP contribution in [0.15, 0.2) is 34.7 Å². The van der Waals surface area contributed by atoms with Crippen LogP contribution >= 0.6 is 11.6 Å². The van der Waals surface area contributed by atoms with Crippen molar-refractivity contribution in [2.75, 3.05) is 0 Å². The lowest BCUT2D eigenvalue weighted by Crippen LogP contribution is -2.02. The largest absolute Gasteiger partial charge is 0.505 e. The second kappa shape index (κ2) is 5.23. The molecule has 0 unspecified atom stereocenters. The first-order valence-electron chi connectivity index (χ1n) is 6.25.